The first-order valence-electron chi connectivity index (χ1n) is 5.04. The fraction of sp³-hybridized carbons (Fsp3) is 0.500. The molecule has 0 spiro atoms. The molecule has 0 amide bonds. The lowest BCUT2D eigenvalue weighted by molar-refractivity contribution is 0.308. The van der Waals surface area contributed by atoms with Gasteiger partial charge in [0.05, 0.1) is 0 Å². The van der Waals surface area contributed by atoms with Gasteiger partial charge in [0.2, 0.25) is 0 Å². The molecule has 13 heavy (non-hydrogen) atoms. The van der Waals surface area contributed by atoms with Gasteiger partial charge in [0.15, 0.2) is 0 Å². The van der Waals surface area contributed by atoms with Crippen molar-refractivity contribution in [3.8, 4) is 0 Å². The van der Waals surface area contributed by atoms with Crippen molar-refractivity contribution < 1.29 is 0 Å². The summed E-state index contributed by atoms with van der Waals surface area (Å²) in [6, 6.07) is 11.5. The van der Waals surface area contributed by atoms with E-state index in [2.05, 4.69) is 36.9 Å². The summed E-state index contributed by atoms with van der Waals surface area (Å²) in [5.74, 6) is 0. The molecule has 1 rings (SSSR count). The molecular formula is C12H18N. The molecule has 0 atom stereocenters. The first kappa shape index (κ1) is 10.3. The minimum Gasteiger partial charge on any atom is -0.304 e. The number of nitrogens with zero attached hydrogens (tertiary/aromatic N) is 1. The van der Waals surface area contributed by atoms with E-state index < -0.39 is 0 Å². The van der Waals surface area contributed by atoms with E-state index in [1.807, 2.05) is 12.1 Å². The van der Waals surface area contributed by atoms with Crippen molar-refractivity contribution in [3.05, 3.63) is 35.9 Å². The predicted molar refractivity (Wildman–Crippen MR) is 56.8 cm³/mol. The van der Waals surface area contributed by atoms with Crippen LogP contribution >= 0.6 is 0 Å². The Hall–Kier alpha value is -0.820. The van der Waals surface area contributed by atoms with Crippen molar-refractivity contribution in [2.45, 2.75) is 20.3 Å². The zero-order valence-corrected chi connectivity index (χ0v) is 8.59. The fourth-order valence-electron chi connectivity index (χ4n) is 1.40. The molecule has 0 unspecified atom stereocenters. The number of rotatable bonds is 5. The Bertz CT molecular complexity index is 214. The van der Waals surface area contributed by atoms with E-state index in [9.17, 15) is 0 Å². The van der Waals surface area contributed by atoms with Crippen molar-refractivity contribution in [3.63, 3.8) is 0 Å². The van der Waals surface area contributed by atoms with Gasteiger partial charge in [-0.25, -0.2) is 0 Å². The highest BCUT2D eigenvalue weighted by Gasteiger charge is 1.98. The highest BCUT2D eigenvalue weighted by molar-refractivity contribution is 5.13. The molecular weight excluding hydrogens is 158 g/mol. The third-order valence-corrected chi connectivity index (χ3v) is 2.37. The zero-order valence-electron chi connectivity index (χ0n) is 8.59. The van der Waals surface area contributed by atoms with Gasteiger partial charge in [0.1, 0.15) is 0 Å². The van der Waals surface area contributed by atoms with Gasteiger partial charge < -0.3 is 4.90 Å². The van der Waals surface area contributed by atoms with Crippen LogP contribution in [0.25, 0.3) is 0 Å². The Morgan fingerprint density at radius 3 is 2.54 bits per heavy atom. The van der Waals surface area contributed by atoms with E-state index >= 15 is 0 Å². The number of likely N-dealkylation sites (N-methyl/N-ethyl adjacent to an activating group) is 1. The molecule has 1 aromatic rings. The second-order valence-electron chi connectivity index (χ2n) is 3.16. The highest BCUT2D eigenvalue weighted by Crippen LogP contribution is 2.00. The summed E-state index contributed by atoms with van der Waals surface area (Å²) in [6.45, 7) is 7.84. The topological polar surface area (TPSA) is 3.24 Å². The van der Waals surface area contributed by atoms with Crippen LogP contribution in [0, 0.1) is 6.07 Å². The van der Waals surface area contributed by atoms with Gasteiger partial charge in [-0.1, -0.05) is 38.1 Å². The third kappa shape index (κ3) is 3.60. The molecule has 71 valence electrons. The standard InChI is InChI=1S/C12H18N/c1-3-13(4-2)11-10-12-8-6-5-7-9-12/h5-8H,3-4,10-11H2,1-2H3. The van der Waals surface area contributed by atoms with Crippen molar-refractivity contribution in [2.24, 2.45) is 0 Å². The van der Waals surface area contributed by atoms with E-state index in [4.69, 9.17) is 0 Å². The highest BCUT2D eigenvalue weighted by atomic mass is 15.1. The van der Waals surface area contributed by atoms with Gasteiger partial charge in [-0.3, -0.25) is 0 Å². The third-order valence-electron chi connectivity index (χ3n) is 2.37. The van der Waals surface area contributed by atoms with Gasteiger partial charge in [0.25, 0.3) is 0 Å². The molecule has 0 saturated heterocycles. The van der Waals surface area contributed by atoms with Crippen LogP contribution in [0.2, 0.25) is 0 Å². The summed E-state index contributed by atoms with van der Waals surface area (Å²) in [5.41, 5.74) is 1.31. The molecule has 1 nitrogen and oxygen atoms in total. The predicted octanol–water partition coefficient (Wildman–Crippen LogP) is 2.37. The van der Waals surface area contributed by atoms with Gasteiger partial charge in [-0.15, -0.1) is 0 Å². The van der Waals surface area contributed by atoms with E-state index in [0.717, 1.165) is 26.1 Å². The smallest absolute Gasteiger partial charge is 0.00218 e. The minimum atomic E-state index is 1.11. The molecule has 1 radical (unpaired) electrons. The zero-order chi connectivity index (χ0) is 9.52. The molecule has 0 aromatic heterocycles. The second-order valence-corrected chi connectivity index (χ2v) is 3.16. The van der Waals surface area contributed by atoms with Crippen LogP contribution in [0.1, 0.15) is 19.4 Å². The first-order valence-corrected chi connectivity index (χ1v) is 5.04. The first-order chi connectivity index (χ1) is 6.36. The number of hydrogen-bond acceptors (Lipinski definition) is 1. The average molecular weight is 176 g/mol. The van der Waals surface area contributed by atoms with Crippen LogP contribution in [0.5, 0.6) is 0 Å². The molecule has 1 aromatic carbocycles. The Kier molecular flexibility index (Phi) is 4.55. The molecule has 0 aliphatic carbocycles. The summed E-state index contributed by atoms with van der Waals surface area (Å²) in [5, 5.41) is 0. The van der Waals surface area contributed by atoms with Crippen molar-refractivity contribution in [1.29, 1.82) is 0 Å². The SMILES string of the molecule is CCN(CC)CCc1[c]cccc1. The molecule has 0 aliphatic rings. The lowest BCUT2D eigenvalue weighted by Crippen LogP contribution is -2.25. The van der Waals surface area contributed by atoms with Gasteiger partial charge in [-0.2, -0.15) is 0 Å². The minimum absolute atomic E-state index is 1.11. The van der Waals surface area contributed by atoms with E-state index in [1.165, 1.54) is 5.56 Å². The maximum absolute atomic E-state index is 3.25. The summed E-state index contributed by atoms with van der Waals surface area (Å²) < 4.78 is 0. The Balaban J connectivity index is 2.34. The summed E-state index contributed by atoms with van der Waals surface area (Å²) in [7, 11) is 0. The average Bonchev–Trinajstić information content (AvgIpc) is 2.21. The summed E-state index contributed by atoms with van der Waals surface area (Å²) in [6.07, 6.45) is 1.11. The van der Waals surface area contributed by atoms with Crippen molar-refractivity contribution in [1.82, 2.24) is 4.90 Å². The quantitative estimate of drug-likeness (QED) is 0.665. The maximum Gasteiger partial charge on any atom is 0.00218 e. The van der Waals surface area contributed by atoms with E-state index in [1.54, 1.807) is 0 Å². The second kappa shape index (κ2) is 5.76. The normalized spacial score (nSPS) is 10.7. The molecule has 0 aliphatic heterocycles. The van der Waals surface area contributed by atoms with Crippen LogP contribution in [0.3, 0.4) is 0 Å². The van der Waals surface area contributed by atoms with Gasteiger partial charge >= 0.3 is 0 Å². The van der Waals surface area contributed by atoms with Crippen LogP contribution in [-0.4, -0.2) is 24.5 Å². The van der Waals surface area contributed by atoms with E-state index in [0.29, 0.717) is 0 Å². The molecule has 0 heterocycles. The van der Waals surface area contributed by atoms with Crippen LogP contribution in [0.15, 0.2) is 24.3 Å². The van der Waals surface area contributed by atoms with Crippen molar-refractivity contribution >= 4 is 0 Å². The lowest BCUT2D eigenvalue weighted by atomic mass is 10.1. The molecule has 0 saturated carbocycles. The Morgan fingerprint density at radius 1 is 1.23 bits per heavy atom. The Labute approximate surface area is 81.4 Å². The largest absolute Gasteiger partial charge is 0.304 e. The maximum atomic E-state index is 3.25. The molecule has 1 heteroatoms. The van der Waals surface area contributed by atoms with Crippen LogP contribution < -0.4 is 0 Å². The lowest BCUT2D eigenvalue weighted by Gasteiger charge is -2.17. The van der Waals surface area contributed by atoms with Crippen LogP contribution in [0.4, 0.5) is 0 Å². The molecule has 0 fully saturated rings. The van der Waals surface area contributed by atoms with Crippen molar-refractivity contribution in [2.75, 3.05) is 19.6 Å². The number of benzene rings is 1. The van der Waals surface area contributed by atoms with Gasteiger partial charge in [-0.05, 0) is 31.1 Å². The fourth-order valence-corrected chi connectivity index (χ4v) is 1.40. The van der Waals surface area contributed by atoms with E-state index in [-0.39, 0.29) is 0 Å². The van der Waals surface area contributed by atoms with Crippen LogP contribution in [-0.2, 0) is 6.42 Å². The molecule has 0 bridgehead atoms. The summed E-state index contributed by atoms with van der Waals surface area (Å²) >= 11 is 0. The Morgan fingerprint density at radius 2 is 2.00 bits per heavy atom. The monoisotopic (exact) mass is 176 g/mol. The molecule has 0 N–H and O–H groups in total. The summed E-state index contributed by atoms with van der Waals surface area (Å²) in [4.78, 5) is 2.43. The number of hydrogen-bond donors (Lipinski definition) is 0. The van der Waals surface area contributed by atoms with Gasteiger partial charge in [0, 0.05) is 6.54 Å².